The number of aryl methyl sites for hydroxylation is 1. The van der Waals surface area contributed by atoms with Gasteiger partial charge in [-0.15, -0.1) is 11.3 Å². The fraction of sp³-hybridized carbons (Fsp3) is 0.583. The summed E-state index contributed by atoms with van der Waals surface area (Å²) >= 11 is 1.71. The van der Waals surface area contributed by atoms with Crippen molar-refractivity contribution in [2.45, 2.75) is 40.2 Å². The van der Waals surface area contributed by atoms with Gasteiger partial charge in [0.05, 0.1) is 16.7 Å². The minimum atomic E-state index is 0.278. The second kappa shape index (κ2) is 6.03. The van der Waals surface area contributed by atoms with E-state index in [2.05, 4.69) is 42.5 Å². The fourth-order valence-electron chi connectivity index (χ4n) is 1.41. The van der Waals surface area contributed by atoms with E-state index >= 15 is 0 Å². The predicted octanol–water partition coefficient (Wildman–Crippen LogP) is 3.46. The number of hydrogen-bond acceptors (Lipinski definition) is 3. The Hall–Kier alpha value is -0.670. The van der Waals surface area contributed by atoms with Gasteiger partial charge in [-0.3, -0.25) is 0 Å². The lowest BCUT2D eigenvalue weighted by atomic mass is 10.1. The van der Waals surface area contributed by atoms with Gasteiger partial charge in [0, 0.05) is 5.38 Å². The van der Waals surface area contributed by atoms with Gasteiger partial charge < -0.3 is 5.32 Å². The van der Waals surface area contributed by atoms with Crippen molar-refractivity contribution in [1.82, 2.24) is 10.3 Å². The lowest BCUT2D eigenvalue weighted by Crippen LogP contribution is -2.21. The van der Waals surface area contributed by atoms with E-state index in [0.29, 0.717) is 0 Å². The molecule has 1 atom stereocenters. The van der Waals surface area contributed by atoms with E-state index in [1.807, 2.05) is 6.92 Å². The molecule has 0 saturated carbocycles. The molecule has 0 aliphatic heterocycles. The van der Waals surface area contributed by atoms with Crippen LogP contribution in [0.15, 0.2) is 17.0 Å². The first-order chi connectivity index (χ1) is 7.13. The minimum Gasteiger partial charge on any atom is -0.305 e. The Morgan fingerprint density at radius 1 is 1.60 bits per heavy atom. The molecule has 1 aromatic rings. The fourth-order valence-corrected chi connectivity index (χ4v) is 2.05. The van der Waals surface area contributed by atoms with Crippen LogP contribution in [0.4, 0.5) is 0 Å². The third-order valence-electron chi connectivity index (χ3n) is 2.07. The number of hydrogen-bond donors (Lipinski definition) is 1. The summed E-state index contributed by atoms with van der Waals surface area (Å²) in [7, 11) is 0. The molecular weight excluding hydrogens is 204 g/mol. The van der Waals surface area contributed by atoms with Gasteiger partial charge in [0.15, 0.2) is 0 Å². The first-order valence-electron chi connectivity index (χ1n) is 5.44. The summed E-state index contributed by atoms with van der Waals surface area (Å²) in [5, 5.41) is 6.77. The Kier molecular flexibility index (Phi) is 4.99. The van der Waals surface area contributed by atoms with E-state index < -0.39 is 0 Å². The maximum absolute atomic E-state index is 4.53. The monoisotopic (exact) mass is 224 g/mol. The largest absolute Gasteiger partial charge is 0.305 e. The standard InChI is InChI=1S/C12H20N2S/c1-5-6-13-11(7-9(2)3)12-8-15-10(4)14-12/h7-8,11,13H,5-6H2,1-4H3. The molecule has 15 heavy (non-hydrogen) atoms. The predicted molar refractivity (Wildman–Crippen MR) is 67.3 cm³/mol. The van der Waals surface area contributed by atoms with E-state index in [0.717, 1.165) is 23.7 Å². The highest BCUT2D eigenvalue weighted by Crippen LogP contribution is 2.18. The highest BCUT2D eigenvalue weighted by Gasteiger charge is 2.10. The zero-order chi connectivity index (χ0) is 11.3. The molecule has 0 fully saturated rings. The van der Waals surface area contributed by atoms with Crippen molar-refractivity contribution in [2.24, 2.45) is 0 Å². The number of nitrogens with one attached hydrogen (secondary N) is 1. The molecule has 0 amide bonds. The van der Waals surface area contributed by atoms with Gasteiger partial charge >= 0.3 is 0 Å². The molecule has 0 spiro atoms. The van der Waals surface area contributed by atoms with Crippen LogP contribution in [-0.2, 0) is 0 Å². The second-order valence-corrected chi connectivity index (χ2v) is 5.03. The average Bonchev–Trinajstić information content (AvgIpc) is 2.58. The molecule has 84 valence electrons. The quantitative estimate of drug-likeness (QED) is 0.775. The van der Waals surface area contributed by atoms with E-state index in [-0.39, 0.29) is 6.04 Å². The van der Waals surface area contributed by atoms with Crippen LogP contribution in [0.3, 0.4) is 0 Å². The maximum Gasteiger partial charge on any atom is 0.0898 e. The van der Waals surface area contributed by atoms with Gasteiger partial charge in [-0.05, 0) is 33.7 Å². The van der Waals surface area contributed by atoms with Crippen molar-refractivity contribution in [3.8, 4) is 0 Å². The molecule has 0 saturated heterocycles. The molecule has 0 aromatic carbocycles. The summed E-state index contributed by atoms with van der Waals surface area (Å²) in [6, 6.07) is 0.278. The highest BCUT2D eigenvalue weighted by atomic mass is 32.1. The van der Waals surface area contributed by atoms with Crippen LogP contribution in [0, 0.1) is 6.92 Å². The number of thiazole rings is 1. The van der Waals surface area contributed by atoms with E-state index in [1.54, 1.807) is 11.3 Å². The Balaban J connectivity index is 2.76. The first kappa shape index (κ1) is 12.4. The van der Waals surface area contributed by atoms with E-state index in [1.165, 1.54) is 5.57 Å². The van der Waals surface area contributed by atoms with Gasteiger partial charge in [-0.1, -0.05) is 18.6 Å². The van der Waals surface area contributed by atoms with Crippen LogP contribution >= 0.6 is 11.3 Å². The number of aromatic nitrogens is 1. The van der Waals surface area contributed by atoms with Gasteiger partial charge in [0.1, 0.15) is 0 Å². The molecule has 1 unspecified atom stereocenters. The van der Waals surface area contributed by atoms with Crippen molar-refractivity contribution >= 4 is 11.3 Å². The van der Waals surface area contributed by atoms with Gasteiger partial charge in [-0.25, -0.2) is 4.98 Å². The summed E-state index contributed by atoms with van der Waals surface area (Å²) in [4.78, 5) is 4.53. The van der Waals surface area contributed by atoms with Crippen molar-refractivity contribution in [3.05, 3.63) is 27.7 Å². The molecule has 2 nitrogen and oxygen atoms in total. The lowest BCUT2D eigenvalue weighted by molar-refractivity contribution is 0.600. The third-order valence-corrected chi connectivity index (χ3v) is 2.86. The first-order valence-corrected chi connectivity index (χ1v) is 6.32. The van der Waals surface area contributed by atoms with Gasteiger partial charge in [0.25, 0.3) is 0 Å². The summed E-state index contributed by atoms with van der Waals surface area (Å²) < 4.78 is 0. The molecule has 1 aromatic heterocycles. The second-order valence-electron chi connectivity index (χ2n) is 3.97. The number of allylic oxidation sites excluding steroid dienone is 1. The summed E-state index contributed by atoms with van der Waals surface area (Å²) in [6.45, 7) is 9.51. The zero-order valence-corrected chi connectivity index (χ0v) is 10.8. The van der Waals surface area contributed by atoms with Crippen LogP contribution in [-0.4, -0.2) is 11.5 Å². The van der Waals surface area contributed by atoms with E-state index in [9.17, 15) is 0 Å². The SMILES string of the molecule is CCCNC(C=C(C)C)c1csc(C)n1. The summed E-state index contributed by atoms with van der Waals surface area (Å²) in [5.74, 6) is 0. The third kappa shape index (κ3) is 4.14. The average molecular weight is 224 g/mol. The van der Waals surface area contributed by atoms with Crippen molar-refractivity contribution in [2.75, 3.05) is 6.54 Å². The minimum absolute atomic E-state index is 0.278. The van der Waals surface area contributed by atoms with Crippen molar-refractivity contribution in [1.29, 1.82) is 0 Å². The number of nitrogens with zero attached hydrogens (tertiary/aromatic N) is 1. The number of rotatable bonds is 5. The molecule has 0 radical (unpaired) electrons. The van der Waals surface area contributed by atoms with Crippen molar-refractivity contribution in [3.63, 3.8) is 0 Å². The molecule has 3 heteroatoms. The van der Waals surface area contributed by atoms with Crippen LogP contribution in [0.2, 0.25) is 0 Å². The van der Waals surface area contributed by atoms with Crippen LogP contribution < -0.4 is 5.32 Å². The van der Waals surface area contributed by atoms with E-state index in [4.69, 9.17) is 0 Å². The Morgan fingerprint density at radius 3 is 2.80 bits per heavy atom. The zero-order valence-electron chi connectivity index (χ0n) is 10.0. The van der Waals surface area contributed by atoms with Crippen LogP contribution in [0.1, 0.15) is 43.9 Å². The Labute approximate surface area is 96.4 Å². The maximum atomic E-state index is 4.53. The summed E-state index contributed by atoms with van der Waals surface area (Å²) in [6.07, 6.45) is 3.39. The topological polar surface area (TPSA) is 24.9 Å². The highest BCUT2D eigenvalue weighted by molar-refractivity contribution is 7.09. The Bertz CT molecular complexity index is 324. The lowest BCUT2D eigenvalue weighted by Gasteiger charge is -2.12. The molecule has 1 rings (SSSR count). The molecule has 0 aliphatic carbocycles. The van der Waals surface area contributed by atoms with Gasteiger partial charge in [0.2, 0.25) is 0 Å². The van der Waals surface area contributed by atoms with Gasteiger partial charge in [-0.2, -0.15) is 0 Å². The van der Waals surface area contributed by atoms with Crippen LogP contribution in [0.25, 0.3) is 0 Å². The molecule has 1 heterocycles. The molecule has 0 aliphatic rings. The smallest absolute Gasteiger partial charge is 0.0898 e. The van der Waals surface area contributed by atoms with Crippen molar-refractivity contribution < 1.29 is 0 Å². The summed E-state index contributed by atoms with van der Waals surface area (Å²) in [5.41, 5.74) is 2.47. The Morgan fingerprint density at radius 2 is 2.33 bits per heavy atom. The normalized spacial score (nSPS) is 12.5. The van der Waals surface area contributed by atoms with Crippen LogP contribution in [0.5, 0.6) is 0 Å². The molecule has 0 bridgehead atoms. The molecule has 1 N–H and O–H groups in total. The molecular formula is C12H20N2S.